The summed E-state index contributed by atoms with van der Waals surface area (Å²) in [6.45, 7) is 0.727. The monoisotopic (exact) mass is 360 g/mol. The predicted octanol–water partition coefficient (Wildman–Crippen LogP) is 1.98. The molecule has 0 saturated carbocycles. The molecule has 1 fully saturated rings. The average molecular weight is 360 g/mol. The molecule has 0 bridgehead atoms. The van der Waals surface area contributed by atoms with Crippen molar-refractivity contribution in [3.8, 4) is 5.75 Å². The highest BCUT2D eigenvalue weighted by Crippen LogP contribution is 2.21. The van der Waals surface area contributed by atoms with Crippen LogP contribution in [0.2, 0.25) is 0 Å². The number of hydrogen-bond acceptors (Lipinski definition) is 4. The van der Waals surface area contributed by atoms with Crippen molar-refractivity contribution in [2.45, 2.75) is 23.8 Å². The number of piperidine rings is 1. The molecule has 2 N–H and O–H groups in total. The second-order valence-corrected chi connectivity index (χ2v) is 7.95. The number of amides is 1. The second-order valence-electron chi connectivity index (χ2n) is 6.02. The summed E-state index contributed by atoms with van der Waals surface area (Å²) in [4.78, 5) is 12.5. The van der Waals surface area contributed by atoms with Crippen molar-refractivity contribution in [3.05, 3.63) is 60.2 Å². The van der Waals surface area contributed by atoms with Gasteiger partial charge in [-0.2, -0.15) is 4.31 Å². The number of benzene rings is 2. The first-order valence-electron chi connectivity index (χ1n) is 8.12. The van der Waals surface area contributed by atoms with Crippen molar-refractivity contribution < 1.29 is 18.3 Å². The highest BCUT2D eigenvalue weighted by Gasteiger charge is 2.29. The Balaban J connectivity index is 1.60. The topological polar surface area (TPSA) is 86.7 Å². The quantitative estimate of drug-likeness (QED) is 0.873. The maximum atomic E-state index is 12.6. The van der Waals surface area contributed by atoms with Crippen molar-refractivity contribution in [1.82, 2.24) is 9.62 Å². The van der Waals surface area contributed by atoms with Crippen molar-refractivity contribution in [2.75, 3.05) is 13.1 Å². The Labute approximate surface area is 147 Å². The molecule has 1 amide bonds. The van der Waals surface area contributed by atoms with Gasteiger partial charge in [0.2, 0.25) is 10.0 Å². The van der Waals surface area contributed by atoms with Crippen LogP contribution in [0, 0.1) is 0 Å². The Morgan fingerprint density at radius 2 is 1.72 bits per heavy atom. The van der Waals surface area contributed by atoms with Crippen LogP contribution in [0.3, 0.4) is 0 Å². The highest BCUT2D eigenvalue weighted by molar-refractivity contribution is 7.89. The molecule has 132 valence electrons. The van der Waals surface area contributed by atoms with Gasteiger partial charge in [0, 0.05) is 24.7 Å². The molecule has 1 saturated heterocycles. The van der Waals surface area contributed by atoms with Gasteiger partial charge in [-0.1, -0.05) is 24.3 Å². The molecule has 2 aromatic carbocycles. The molecule has 0 atom stereocenters. The van der Waals surface area contributed by atoms with Gasteiger partial charge >= 0.3 is 0 Å². The summed E-state index contributed by atoms with van der Waals surface area (Å²) in [6.07, 6.45) is 1.10. The van der Waals surface area contributed by atoms with Crippen LogP contribution in [0.25, 0.3) is 0 Å². The minimum absolute atomic E-state index is 0.0384. The molecule has 1 heterocycles. The molecule has 0 unspecified atom stereocenters. The van der Waals surface area contributed by atoms with E-state index in [0.717, 1.165) is 0 Å². The molecule has 1 aliphatic heterocycles. The fourth-order valence-electron chi connectivity index (χ4n) is 2.90. The lowest BCUT2D eigenvalue weighted by atomic mass is 10.1. The SMILES string of the molecule is O=C(NC1CCN(S(=O)(=O)c2ccccc2)CC1)c1cccc(O)c1. The number of nitrogens with zero attached hydrogens (tertiary/aromatic N) is 1. The predicted molar refractivity (Wildman–Crippen MR) is 93.8 cm³/mol. The molecule has 1 aliphatic rings. The molecule has 0 spiro atoms. The Bertz CT molecular complexity index is 844. The smallest absolute Gasteiger partial charge is 0.251 e. The Morgan fingerprint density at radius 1 is 1.04 bits per heavy atom. The summed E-state index contributed by atoms with van der Waals surface area (Å²) in [7, 11) is -3.48. The van der Waals surface area contributed by atoms with Crippen LogP contribution in [0.15, 0.2) is 59.5 Å². The molecule has 2 aromatic rings. The van der Waals surface area contributed by atoms with Crippen LogP contribution in [0.5, 0.6) is 5.75 Å². The standard InChI is InChI=1S/C18H20N2O4S/c21-16-6-4-5-14(13-16)18(22)19-15-9-11-20(12-10-15)25(23,24)17-7-2-1-3-8-17/h1-8,13,15,21H,9-12H2,(H,19,22). The zero-order valence-corrected chi connectivity index (χ0v) is 14.4. The summed E-state index contributed by atoms with van der Waals surface area (Å²) in [5.74, 6) is -0.225. The molecular weight excluding hydrogens is 340 g/mol. The third-order valence-electron chi connectivity index (χ3n) is 4.28. The van der Waals surface area contributed by atoms with Crippen LogP contribution in [0.1, 0.15) is 23.2 Å². The highest BCUT2D eigenvalue weighted by atomic mass is 32.2. The molecule has 6 nitrogen and oxygen atoms in total. The van der Waals surface area contributed by atoms with Gasteiger partial charge in [-0.3, -0.25) is 4.79 Å². The van der Waals surface area contributed by atoms with Crippen LogP contribution in [-0.2, 0) is 10.0 Å². The lowest BCUT2D eigenvalue weighted by Gasteiger charge is -2.31. The zero-order chi connectivity index (χ0) is 17.9. The number of phenolic OH excluding ortho intramolecular Hbond substituents is 1. The van der Waals surface area contributed by atoms with Crippen LogP contribution in [0.4, 0.5) is 0 Å². The number of rotatable bonds is 4. The molecule has 3 rings (SSSR count). The van der Waals surface area contributed by atoms with E-state index >= 15 is 0 Å². The van der Waals surface area contributed by atoms with Crippen LogP contribution < -0.4 is 5.32 Å². The number of nitrogens with one attached hydrogen (secondary N) is 1. The maximum absolute atomic E-state index is 12.6. The number of aromatic hydroxyl groups is 1. The summed E-state index contributed by atoms with van der Waals surface area (Å²) in [5.41, 5.74) is 0.388. The maximum Gasteiger partial charge on any atom is 0.251 e. The van der Waals surface area contributed by atoms with Gasteiger partial charge in [0.1, 0.15) is 5.75 Å². The third-order valence-corrected chi connectivity index (χ3v) is 6.19. The first kappa shape index (κ1) is 17.4. The molecular formula is C18H20N2O4S. The molecule has 7 heteroatoms. The molecule has 0 aliphatic carbocycles. The minimum Gasteiger partial charge on any atom is -0.508 e. The van der Waals surface area contributed by atoms with Gasteiger partial charge in [-0.05, 0) is 43.2 Å². The largest absolute Gasteiger partial charge is 0.508 e. The second kappa shape index (κ2) is 7.25. The van der Waals surface area contributed by atoms with E-state index in [1.165, 1.54) is 16.4 Å². The average Bonchev–Trinajstić information content (AvgIpc) is 2.63. The van der Waals surface area contributed by atoms with E-state index in [1.54, 1.807) is 42.5 Å². The van der Waals surface area contributed by atoms with E-state index < -0.39 is 10.0 Å². The molecule has 25 heavy (non-hydrogen) atoms. The van der Waals surface area contributed by atoms with Crippen molar-refractivity contribution in [2.24, 2.45) is 0 Å². The summed E-state index contributed by atoms with van der Waals surface area (Å²) >= 11 is 0. The Hall–Kier alpha value is -2.38. The van der Waals surface area contributed by atoms with Gasteiger partial charge in [0.05, 0.1) is 4.90 Å². The normalized spacial score (nSPS) is 16.5. The first-order valence-corrected chi connectivity index (χ1v) is 9.56. The number of carbonyl (C=O) groups excluding carboxylic acids is 1. The fraction of sp³-hybridized carbons (Fsp3) is 0.278. The number of carbonyl (C=O) groups is 1. The van der Waals surface area contributed by atoms with Crippen molar-refractivity contribution in [3.63, 3.8) is 0 Å². The van der Waals surface area contributed by atoms with E-state index in [9.17, 15) is 18.3 Å². The van der Waals surface area contributed by atoms with Crippen LogP contribution >= 0.6 is 0 Å². The zero-order valence-electron chi connectivity index (χ0n) is 13.6. The van der Waals surface area contributed by atoms with Gasteiger partial charge in [-0.25, -0.2) is 8.42 Å². The fourth-order valence-corrected chi connectivity index (χ4v) is 4.39. The van der Waals surface area contributed by atoms with Gasteiger partial charge in [-0.15, -0.1) is 0 Å². The third kappa shape index (κ3) is 4.00. The van der Waals surface area contributed by atoms with Gasteiger partial charge in [0.15, 0.2) is 0 Å². The molecule has 0 radical (unpaired) electrons. The lowest BCUT2D eigenvalue weighted by molar-refractivity contribution is 0.0923. The van der Waals surface area contributed by atoms with E-state index in [4.69, 9.17) is 0 Å². The van der Waals surface area contributed by atoms with Gasteiger partial charge < -0.3 is 10.4 Å². The minimum atomic E-state index is -3.48. The Morgan fingerprint density at radius 3 is 2.36 bits per heavy atom. The number of sulfonamides is 1. The van der Waals surface area contributed by atoms with Gasteiger partial charge in [0.25, 0.3) is 5.91 Å². The Kier molecular flexibility index (Phi) is 5.06. The summed E-state index contributed by atoms with van der Waals surface area (Å²) < 4.78 is 26.6. The summed E-state index contributed by atoms with van der Waals surface area (Å²) in [5, 5.41) is 12.3. The van der Waals surface area contributed by atoms with E-state index in [0.29, 0.717) is 31.5 Å². The van der Waals surface area contributed by atoms with Crippen molar-refractivity contribution >= 4 is 15.9 Å². The van der Waals surface area contributed by atoms with Crippen LogP contribution in [-0.4, -0.2) is 42.9 Å². The molecule has 0 aromatic heterocycles. The lowest BCUT2D eigenvalue weighted by Crippen LogP contribution is -2.46. The number of phenols is 1. The first-order chi connectivity index (χ1) is 12.0. The number of hydrogen-bond donors (Lipinski definition) is 2. The van der Waals surface area contributed by atoms with Crippen molar-refractivity contribution in [1.29, 1.82) is 0 Å². The van der Waals surface area contributed by atoms with E-state index in [1.807, 2.05) is 0 Å². The van der Waals surface area contributed by atoms with E-state index in [-0.39, 0.29) is 22.6 Å². The summed E-state index contributed by atoms with van der Waals surface area (Å²) in [6, 6.07) is 14.4. The van der Waals surface area contributed by atoms with E-state index in [2.05, 4.69) is 5.32 Å².